The van der Waals surface area contributed by atoms with Gasteiger partial charge in [-0.05, 0) is 17.5 Å². The molecule has 0 heterocycles. The number of ether oxygens (including phenoxy) is 2. The summed E-state index contributed by atoms with van der Waals surface area (Å²) in [6.07, 6.45) is 3.54. The number of hydrogen-bond acceptors (Lipinski definition) is 2. The maximum absolute atomic E-state index is 6.08. The predicted octanol–water partition coefficient (Wildman–Crippen LogP) is 4.83. The third-order valence-electron chi connectivity index (χ3n) is 4.28. The van der Waals surface area contributed by atoms with Crippen molar-refractivity contribution in [3.8, 4) is 0 Å². The van der Waals surface area contributed by atoms with Crippen molar-refractivity contribution in [1.82, 2.24) is 0 Å². The summed E-state index contributed by atoms with van der Waals surface area (Å²) in [5.74, 6) is 0. The molecular weight excluding hydrogens is 284 g/mol. The van der Waals surface area contributed by atoms with Crippen molar-refractivity contribution in [3.63, 3.8) is 0 Å². The Morgan fingerprint density at radius 1 is 0.783 bits per heavy atom. The Morgan fingerprint density at radius 2 is 1.35 bits per heavy atom. The Bertz CT molecular complexity index is 497. The molecule has 0 N–H and O–H groups in total. The van der Waals surface area contributed by atoms with E-state index in [1.807, 2.05) is 12.1 Å². The van der Waals surface area contributed by atoms with E-state index in [4.69, 9.17) is 9.47 Å². The van der Waals surface area contributed by atoms with Crippen molar-refractivity contribution in [1.29, 1.82) is 0 Å². The molecule has 2 heteroatoms. The fourth-order valence-corrected chi connectivity index (χ4v) is 3.00. The highest BCUT2D eigenvalue weighted by molar-refractivity contribution is 5.39. The van der Waals surface area contributed by atoms with Gasteiger partial charge in [-0.2, -0.15) is 0 Å². The summed E-state index contributed by atoms with van der Waals surface area (Å²) >= 11 is 0. The van der Waals surface area contributed by atoms with Gasteiger partial charge in [-0.3, -0.25) is 0 Å². The van der Waals surface area contributed by atoms with Crippen LogP contribution in [0.2, 0.25) is 0 Å². The van der Waals surface area contributed by atoms with E-state index in [2.05, 4.69) is 55.5 Å². The van der Waals surface area contributed by atoms with Crippen LogP contribution in [0.3, 0.4) is 0 Å². The van der Waals surface area contributed by atoms with E-state index in [0.717, 1.165) is 13.0 Å². The molecule has 0 aromatic heterocycles. The van der Waals surface area contributed by atoms with Gasteiger partial charge in [0.25, 0.3) is 0 Å². The molecule has 0 aliphatic carbocycles. The van der Waals surface area contributed by atoms with Crippen LogP contribution in [0.25, 0.3) is 0 Å². The summed E-state index contributed by atoms with van der Waals surface area (Å²) in [6.45, 7) is 4.26. The Morgan fingerprint density at radius 3 is 1.83 bits per heavy atom. The number of benzene rings is 2. The van der Waals surface area contributed by atoms with Crippen LogP contribution in [0, 0.1) is 0 Å². The molecule has 2 rings (SSSR count). The number of hydrogen-bond donors (Lipinski definition) is 0. The SMILES string of the molecule is CCCCCOCC(COC)(c1ccccc1)c1ccccc1. The van der Waals surface area contributed by atoms with E-state index in [1.165, 1.54) is 24.0 Å². The van der Waals surface area contributed by atoms with Crippen LogP contribution < -0.4 is 0 Å². The lowest BCUT2D eigenvalue weighted by atomic mass is 9.75. The average molecular weight is 312 g/mol. The molecule has 0 fully saturated rings. The molecular formula is C21H28O2. The van der Waals surface area contributed by atoms with Gasteiger partial charge in [0.05, 0.1) is 18.6 Å². The minimum atomic E-state index is -0.260. The Kier molecular flexibility index (Phi) is 7.31. The van der Waals surface area contributed by atoms with Crippen LogP contribution in [-0.2, 0) is 14.9 Å². The first-order chi connectivity index (χ1) is 11.3. The summed E-state index contributed by atoms with van der Waals surface area (Å²) in [5, 5.41) is 0. The third-order valence-corrected chi connectivity index (χ3v) is 4.28. The van der Waals surface area contributed by atoms with Gasteiger partial charge in [0, 0.05) is 13.7 Å². The van der Waals surface area contributed by atoms with Crippen LogP contribution >= 0.6 is 0 Å². The molecule has 2 aromatic rings. The van der Waals surface area contributed by atoms with Crippen LogP contribution in [0.15, 0.2) is 60.7 Å². The smallest absolute Gasteiger partial charge is 0.0669 e. The van der Waals surface area contributed by atoms with Crippen LogP contribution in [-0.4, -0.2) is 26.9 Å². The second-order valence-corrected chi connectivity index (χ2v) is 6.01. The largest absolute Gasteiger partial charge is 0.383 e. The fourth-order valence-electron chi connectivity index (χ4n) is 3.00. The van der Waals surface area contributed by atoms with E-state index in [0.29, 0.717) is 13.2 Å². The minimum Gasteiger partial charge on any atom is -0.383 e. The lowest BCUT2D eigenvalue weighted by Gasteiger charge is -2.34. The van der Waals surface area contributed by atoms with Gasteiger partial charge in [0.1, 0.15) is 0 Å². The van der Waals surface area contributed by atoms with Gasteiger partial charge < -0.3 is 9.47 Å². The van der Waals surface area contributed by atoms with Crippen molar-refractivity contribution < 1.29 is 9.47 Å². The van der Waals surface area contributed by atoms with Crippen LogP contribution in [0.5, 0.6) is 0 Å². The molecule has 0 radical (unpaired) electrons. The summed E-state index contributed by atoms with van der Waals surface area (Å²) in [5.41, 5.74) is 2.22. The van der Waals surface area contributed by atoms with Crippen molar-refractivity contribution in [3.05, 3.63) is 71.8 Å². The third kappa shape index (κ3) is 4.66. The second kappa shape index (κ2) is 9.49. The molecule has 0 amide bonds. The van der Waals surface area contributed by atoms with Gasteiger partial charge in [0.2, 0.25) is 0 Å². The molecule has 0 spiro atoms. The predicted molar refractivity (Wildman–Crippen MR) is 95.9 cm³/mol. The number of rotatable bonds is 10. The molecule has 0 bridgehead atoms. The summed E-state index contributed by atoms with van der Waals surface area (Å²) < 4.78 is 11.7. The molecule has 0 aliphatic heterocycles. The van der Waals surface area contributed by atoms with E-state index >= 15 is 0 Å². The van der Waals surface area contributed by atoms with Crippen LogP contribution in [0.1, 0.15) is 37.3 Å². The molecule has 0 unspecified atom stereocenters. The Balaban J connectivity index is 2.28. The van der Waals surface area contributed by atoms with E-state index in [-0.39, 0.29) is 5.41 Å². The highest BCUT2D eigenvalue weighted by atomic mass is 16.5. The highest BCUT2D eigenvalue weighted by Gasteiger charge is 2.34. The zero-order valence-corrected chi connectivity index (χ0v) is 14.3. The molecule has 0 saturated heterocycles. The minimum absolute atomic E-state index is 0.260. The van der Waals surface area contributed by atoms with Crippen molar-refractivity contribution >= 4 is 0 Å². The molecule has 23 heavy (non-hydrogen) atoms. The van der Waals surface area contributed by atoms with Crippen molar-refractivity contribution in [2.45, 2.75) is 31.6 Å². The van der Waals surface area contributed by atoms with E-state index in [9.17, 15) is 0 Å². The fraction of sp³-hybridized carbons (Fsp3) is 0.429. The molecule has 0 aliphatic rings. The van der Waals surface area contributed by atoms with Gasteiger partial charge in [0.15, 0.2) is 0 Å². The quantitative estimate of drug-likeness (QED) is 0.585. The number of methoxy groups -OCH3 is 1. The number of unbranched alkanes of at least 4 members (excludes halogenated alkanes) is 2. The molecule has 2 aromatic carbocycles. The first kappa shape index (κ1) is 17.7. The summed E-state index contributed by atoms with van der Waals surface area (Å²) in [4.78, 5) is 0. The molecule has 0 atom stereocenters. The normalized spacial score (nSPS) is 11.6. The highest BCUT2D eigenvalue weighted by Crippen LogP contribution is 2.33. The zero-order valence-electron chi connectivity index (χ0n) is 14.3. The van der Waals surface area contributed by atoms with Gasteiger partial charge >= 0.3 is 0 Å². The first-order valence-corrected chi connectivity index (χ1v) is 8.51. The zero-order chi connectivity index (χ0) is 16.4. The van der Waals surface area contributed by atoms with Crippen molar-refractivity contribution in [2.24, 2.45) is 0 Å². The average Bonchev–Trinajstić information content (AvgIpc) is 2.62. The van der Waals surface area contributed by atoms with Crippen molar-refractivity contribution in [2.75, 3.05) is 26.9 Å². The van der Waals surface area contributed by atoms with Gasteiger partial charge in [-0.25, -0.2) is 0 Å². The lowest BCUT2D eigenvalue weighted by Crippen LogP contribution is -2.38. The standard InChI is InChI=1S/C21H28O2/c1-3-4-11-16-23-18-21(17-22-2,19-12-7-5-8-13-19)20-14-9-6-10-15-20/h5-10,12-15H,3-4,11,16-18H2,1-2H3. The maximum Gasteiger partial charge on any atom is 0.0669 e. The second-order valence-electron chi connectivity index (χ2n) is 6.01. The molecule has 2 nitrogen and oxygen atoms in total. The van der Waals surface area contributed by atoms with Crippen LogP contribution in [0.4, 0.5) is 0 Å². The Labute approximate surface area is 140 Å². The summed E-state index contributed by atoms with van der Waals surface area (Å²) in [6, 6.07) is 21.1. The first-order valence-electron chi connectivity index (χ1n) is 8.51. The maximum atomic E-state index is 6.08. The van der Waals surface area contributed by atoms with Gasteiger partial charge in [-0.15, -0.1) is 0 Å². The molecule has 0 saturated carbocycles. The molecule has 124 valence electrons. The monoisotopic (exact) mass is 312 g/mol. The summed E-state index contributed by atoms with van der Waals surface area (Å²) in [7, 11) is 1.76. The lowest BCUT2D eigenvalue weighted by molar-refractivity contribution is 0.0513. The Hall–Kier alpha value is -1.64. The van der Waals surface area contributed by atoms with Gasteiger partial charge in [-0.1, -0.05) is 80.4 Å². The van der Waals surface area contributed by atoms with E-state index in [1.54, 1.807) is 7.11 Å². The topological polar surface area (TPSA) is 18.5 Å². The van der Waals surface area contributed by atoms with E-state index < -0.39 is 0 Å².